The van der Waals surface area contributed by atoms with E-state index in [1.807, 2.05) is 4.90 Å². The van der Waals surface area contributed by atoms with Crippen molar-refractivity contribution in [1.82, 2.24) is 4.90 Å². The smallest absolute Gasteiger partial charge is 0.328 e. The molecule has 112 valence electrons. The molecule has 0 aromatic heterocycles. The van der Waals surface area contributed by atoms with Crippen LogP contribution < -0.4 is 0 Å². The van der Waals surface area contributed by atoms with Crippen LogP contribution in [0.25, 0.3) is 6.08 Å². The van der Waals surface area contributed by atoms with Gasteiger partial charge in [-0.15, -0.1) is 0 Å². The molecule has 0 atom stereocenters. The Morgan fingerprint density at radius 1 is 1.38 bits per heavy atom. The molecular formula is C17H21NO3. The quantitative estimate of drug-likeness (QED) is 0.784. The first-order valence-electron chi connectivity index (χ1n) is 7.40. The molecule has 1 saturated carbocycles. The summed E-state index contributed by atoms with van der Waals surface area (Å²) in [5, 5.41) is 8.66. The molecule has 0 spiro atoms. The minimum absolute atomic E-state index is 0.0364. The number of rotatable bonds is 7. The third kappa shape index (κ3) is 4.74. The molecule has 1 aromatic rings. The minimum atomic E-state index is -0.993. The number of nitrogens with zero attached hydrogens (tertiary/aromatic N) is 1. The Morgan fingerprint density at radius 3 is 2.76 bits per heavy atom. The highest BCUT2D eigenvalue weighted by Crippen LogP contribution is 2.30. The predicted octanol–water partition coefficient (Wildman–Crippen LogP) is 3.05. The molecule has 1 fully saturated rings. The minimum Gasteiger partial charge on any atom is -0.478 e. The zero-order valence-corrected chi connectivity index (χ0v) is 12.3. The molecule has 1 aromatic carbocycles. The summed E-state index contributed by atoms with van der Waals surface area (Å²) in [6, 6.07) is 7.12. The molecule has 0 aliphatic heterocycles. The molecule has 2 rings (SSSR count). The van der Waals surface area contributed by atoms with Crippen molar-refractivity contribution in [3.63, 3.8) is 0 Å². The van der Waals surface area contributed by atoms with E-state index in [2.05, 4.69) is 6.92 Å². The van der Waals surface area contributed by atoms with Gasteiger partial charge in [0, 0.05) is 24.7 Å². The van der Waals surface area contributed by atoms with Gasteiger partial charge in [0.05, 0.1) is 0 Å². The maximum atomic E-state index is 12.6. The van der Waals surface area contributed by atoms with E-state index < -0.39 is 5.97 Å². The normalized spacial score (nSPS) is 14.3. The lowest BCUT2D eigenvalue weighted by Gasteiger charge is -2.22. The van der Waals surface area contributed by atoms with Crippen molar-refractivity contribution in [2.45, 2.75) is 26.2 Å². The van der Waals surface area contributed by atoms with Crippen LogP contribution in [0.2, 0.25) is 0 Å². The number of hydrogen-bond acceptors (Lipinski definition) is 2. The number of carboxylic acids is 1. The molecule has 0 radical (unpaired) electrons. The summed E-state index contributed by atoms with van der Waals surface area (Å²) < 4.78 is 0. The first-order valence-corrected chi connectivity index (χ1v) is 7.40. The largest absolute Gasteiger partial charge is 0.478 e. The van der Waals surface area contributed by atoms with Gasteiger partial charge in [0.1, 0.15) is 0 Å². The third-order valence-corrected chi connectivity index (χ3v) is 3.51. The second-order valence-electron chi connectivity index (χ2n) is 5.49. The van der Waals surface area contributed by atoms with Crippen LogP contribution in [0.15, 0.2) is 30.3 Å². The Morgan fingerprint density at radius 2 is 2.14 bits per heavy atom. The number of carbonyl (C=O) groups excluding carboxylic acids is 1. The summed E-state index contributed by atoms with van der Waals surface area (Å²) in [4.78, 5) is 25.0. The van der Waals surface area contributed by atoms with Crippen molar-refractivity contribution in [3.8, 4) is 0 Å². The Labute approximate surface area is 125 Å². The topological polar surface area (TPSA) is 57.6 Å². The van der Waals surface area contributed by atoms with Gasteiger partial charge in [-0.2, -0.15) is 0 Å². The molecule has 1 amide bonds. The Balaban J connectivity index is 2.12. The van der Waals surface area contributed by atoms with Crippen LogP contribution in [-0.2, 0) is 4.79 Å². The highest BCUT2D eigenvalue weighted by atomic mass is 16.4. The molecule has 21 heavy (non-hydrogen) atoms. The summed E-state index contributed by atoms with van der Waals surface area (Å²) in [6.45, 7) is 3.67. The molecule has 4 heteroatoms. The number of amides is 1. The Kier molecular flexibility index (Phi) is 5.14. The first kappa shape index (κ1) is 15.3. The highest BCUT2D eigenvalue weighted by molar-refractivity contribution is 5.95. The SMILES string of the molecule is CCCN(CC1CC1)C(=O)c1cccc(C=CC(=O)O)c1. The van der Waals surface area contributed by atoms with E-state index in [0.717, 1.165) is 31.1 Å². The Hall–Kier alpha value is -2.10. The predicted molar refractivity (Wildman–Crippen MR) is 82.0 cm³/mol. The standard InChI is InChI=1S/C17H21NO3/c1-2-10-18(12-14-6-7-14)17(21)15-5-3-4-13(11-15)8-9-16(19)20/h3-5,8-9,11,14H,2,6-7,10,12H2,1H3,(H,19,20). The van der Waals surface area contributed by atoms with Crippen LogP contribution in [0, 0.1) is 5.92 Å². The molecule has 0 saturated heterocycles. The molecule has 1 aliphatic rings. The molecular weight excluding hydrogens is 266 g/mol. The maximum Gasteiger partial charge on any atom is 0.328 e. The van der Waals surface area contributed by atoms with E-state index in [1.165, 1.54) is 18.9 Å². The monoisotopic (exact) mass is 287 g/mol. The van der Waals surface area contributed by atoms with Crippen LogP contribution >= 0.6 is 0 Å². The average Bonchev–Trinajstić information content (AvgIpc) is 3.28. The summed E-state index contributed by atoms with van der Waals surface area (Å²) >= 11 is 0. The number of benzene rings is 1. The fourth-order valence-corrected chi connectivity index (χ4v) is 2.28. The van der Waals surface area contributed by atoms with Gasteiger partial charge in [0.2, 0.25) is 0 Å². The van der Waals surface area contributed by atoms with E-state index >= 15 is 0 Å². The van der Waals surface area contributed by atoms with E-state index in [1.54, 1.807) is 24.3 Å². The van der Waals surface area contributed by atoms with Gasteiger partial charge in [-0.25, -0.2) is 4.79 Å². The van der Waals surface area contributed by atoms with Gasteiger partial charge < -0.3 is 10.0 Å². The van der Waals surface area contributed by atoms with Gasteiger partial charge in [-0.1, -0.05) is 19.1 Å². The van der Waals surface area contributed by atoms with Crippen molar-refractivity contribution < 1.29 is 14.7 Å². The van der Waals surface area contributed by atoms with Gasteiger partial charge in [-0.05, 0) is 49.0 Å². The fourth-order valence-electron chi connectivity index (χ4n) is 2.28. The number of aliphatic carboxylic acids is 1. The number of carboxylic acid groups (broad SMARTS) is 1. The zero-order chi connectivity index (χ0) is 15.2. The summed E-state index contributed by atoms with van der Waals surface area (Å²) in [5.74, 6) is -0.294. The van der Waals surface area contributed by atoms with Crippen molar-refractivity contribution in [3.05, 3.63) is 41.5 Å². The molecule has 0 bridgehead atoms. The van der Waals surface area contributed by atoms with Crippen LogP contribution in [-0.4, -0.2) is 35.0 Å². The van der Waals surface area contributed by atoms with Crippen LogP contribution in [0.4, 0.5) is 0 Å². The van der Waals surface area contributed by atoms with Crippen LogP contribution in [0.1, 0.15) is 42.1 Å². The van der Waals surface area contributed by atoms with E-state index in [-0.39, 0.29) is 5.91 Å². The number of carbonyl (C=O) groups is 2. The summed E-state index contributed by atoms with van der Waals surface area (Å²) in [6.07, 6.45) is 5.96. The molecule has 4 nitrogen and oxygen atoms in total. The highest BCUT2D eigenvalue weighted by Gasteiger charge is 2.26. The summed E-state index contributed by atoms with van der Waals surface area (Å²) in [5.41, 5.74) is 1.35. The van der Waals surface area contributed by atoms with Crippen LogP contribution in [0.5, 0.6) is 0 Å². The zero-order valence-electron chi connectivity index (χ0n) is 12.3. The van der Waals surface area contributed by atoms with Crippen molar-refractivity contribution >= 4 is 18.0 Å². The van der Waals surface area contributed by atoms with Crippen molar-refractivity contribution in [1.29, 1.82) is 0 Å². The van der Waals surface area contributed by atoms with E-state index in [9.17, 15) is 9.59 Å². The Bertz CT molecular complexity index is 547. The number of hydrogen-bond donors (Lipinski definition) is 1. The second kappa shape index (κ2) is 7.07. The average molecular weight is 287 g/mol. The van der Waals surface area contributed by atoms with Gasteiger partial charge in [0.15, 0.2) is 0 Å². The maximum absolute atomic E-state index is 12.6. The first-order chi connectivity index (χ1) is 10.1. The van der Waals surface area contributed by atoms with Gasteiger partial charge >= 0.3 is 5.97 Å². The molecule has 0 unspecified atom stereocenters. The lowest BCUT2D eigenvalue weighted by molar-refractivity contribution is -0.131. The second-order valence-corrected chi connectivity index (χ2v) is 5.49. The fraction of sp³-hybridized carbons (Fsp3) is 0.412. The third-order valence-electron chi connectivity index (χ3n) is 3.51. The molecule has 0 heterocycles. The summed E-state index contributed by atoms with van der Waals surface area (Å²) in [7, 11) is 0. The van der Waals surface area contributed by atoms with E-state index in [4.69, 9.17) is 5.11 Å². The van der Waals surface area contributed by atoms with Crippen LogP contribution in [0.3, 0.4) is 0 Å². The van der Waals surface area contributed by atoms with Gasteiger partial charge in [0.25, 0.3) is 5.91 Å². The van der Waals surface area contributed by atoms with Crippen molar-refractivity contribution in [2.75, 3.05) is 13.1 Å². The molecule has 1 aliphatic carbocycles. The van der Waals surface area contributed by atoms with E-state index in [0.29, 0.717) is 11.5 Å². The van der Waals surface area contributed by atoms with Gasteiger partial charge in [-0.3, -0.25) is 4.79 Å². The lowest BCUT2D eigenvalue weighted by Crippen LogP contribution is -2.33. The molecule has 1 N–H and O–H groups in total. The lowest BCUT2D eigenvalue weighted by atomic mass is 10.1. The van der Waals surface area contributed by atoms with Crippen molar-refractivity contribution in [2.24, 2.45) is 5.92 Å².